The van der Waals surface area contributed by atoms with Crippen LogP contribution in [-0.2, 0) is 22.7 Å². The third kappa shape index (κ3) is 4.57. The van der Waals surface area contributed by atoms with Gasteiger partial charge in [-0.2, -0.15) is 0 Å². The van der Waals surface area contributed by atoms with E-state index in [4.69, 9.17) is 11.6 Å². The number of halogens is 1. The molecule has 2 aromatic carbocycles. The summed E-state index contributed by atoms with van der Waals surface area (Å²) in [5.41, 5.74) is 2.15. The minimum atomic E-state index is -1.24. The van der Waals surface area contributed by atoms with Gasteiger partial charge < -0.3 is 15.3 Å². The highest BCUT2D eigenvalue weighted by Crippen LogP contribution is 2.36. The third-order valence-electron chi connectivity index (χ3n) is 5.59. The van der Waals surface area contributed by atoms with Gasteiger partial charge in [0.05, 0.1) is 5.69 Å². The molecule has 1 aliphatic heterocycles. The summed E-state index contributed by atoms with van der Waals surface area (Å²) in [6, 6.07) is 11.6. The predicted octanol–water partition coefficient (Wildman–Crippen LogP) is 1.82. The number of carbonyl (C=O) groups is 2. The number of hydrogen-bond acceptors (Lipinski definition) is 7. The minimum Gasteiger partial charge on any atom is -0.383 e. The molecule has 2 N–H and O–H groups in total. The van der Waals surface area contributed by atoms with Gasteiger partial charge in [-0.15, -0.1) is 4.80 Å². The minimum absolute atomic E-state index is 0.110. The van der Waals surface area contributed by atoms with Crippen molar-refractivity contribution in [3.63, 3.8) is 0 Å². The average Bonchev–Trinajstić information content (AvgIpc) is 3.44. The summed E-state index contributed by atoms with van der Waals surface area (Å²) in [6.45, 7) is 5.70. The summed E-state index contributed by atoms with van der Waals surface area (Å²) in [6.07, 6.45) is -1.24. The zero-order valence-electron chi connectivity index (χ0n) is 18.4. The molecule has 10 nitrogen and oxygen atoms in total. The van der Waals surface area contributed by atoms with Gasteiger partial charge in [-0.05, 0) is 55.6 Å². The number of carbonyl (C=O) groups excluding carboxylic acids is 2. The molecule has 0 aliphatic carbocycles. The highest BCUT2D eigenvalue weighted by Gasteiger charge is 2.42. The molecule has 0 saturated carbocycles. The van der Waals surface area contributed by atoms with Crippen LogP contribution in [0.4, 0.5) is 0 Å². The molecule has 1 aromatic heterocycles. The second kappa shape index (κ2) is 8.87. The first kappa shape index (κ1) is 22.8. The molecular formula is C22H24ClN7O3. The van der Waals surface area contributed by atoms with Crippen molar-refractivity contribution in [3.8, 4) is 5.69 Å². The Hall–Kier alpha value is -3.37. The number of aliphatic hydroxyl groups excluding tert-OH is 1. The molecule has 0 fully saturated rings. The van der Waals surface area contributed by atoms with Crippen LogP contribution in [0.1, 0.15) is 43.5 Å². The van der Waals surface area contributed by atoms with E-state index >= 15 is 0 Å². The summed E-state index contributed by atoms with van der Waals surface area (Å²) in [5.74, 6) is -0.856. The molecule has 2 atom stereocenters. The molecule has 0 radical (unpaired) electrons. The first-order chi connectivity index (χ1) is 15.7. The summed E-state index contributed by atoms with van der Waals surface area (Å²) in [4.78, 5) is 29.2. The van der Waals surface area contributed by atoms with Crippen molar-refractivity contribution in [3.05, 3.63) is 64.2 Å². The maximum Gasteiger partial charge on any atom is 0.253 e. The normalized spacial score (nSPS) is 16.4. The van der Waals surface area contributed by atoms with Crippen molar-refractivity contribution >= 4 is 23.4 Å². The largest absolute Gasteiger partial charge is 0.383 e. The molecule has 0 unspecified atom stereocenters. The number of nitrogens with zero attached hydrogens (tertiary/aromatic N) is 6. The molecule has 4 rings (SSSR count). The molecule has 33 heavy (non-hydrogen) atoms. The lowest BCUT2D eigenvalue weighted by atomic mass is 9.88. The van der Waals surface area contributed by atoms with E-state index in [2.05, 4.69) is 26.2 Å². The first-order valence-electron chi connectivity index (χ1n) is 10.4. The zero-order chi connectivity index (χ0) is 23.8. The van der Waals surface area contributed by atoms with E-state index in [9.17, 15) is 14.7 Å². The predicted molar refractivity (Wildman–Crippen MR) is 119 cm³/mol. The molecule has 2 heterocycles. The first-order valence-corrected chi connectivity index (χ1v) is 10.8. The van der Waals surface area contributed by atoms with Crippen LogP contribution in [0, 0.1) is 5.41 Å². The Morgan fingerprint density at radius 2 is 1.88 bits per heavy atom. The fraction of sp³-hybridized carbons (Fsp3) is 0.364. The van der Waals surface area contributed by atoms with Gasteiger partial charge in [0.25, 0.3) is 5.91 Å². The maximum absolute atomic E-state index is 13.4. The Balaban J connectivity index is 1.60. The van der Waals surface area contributed by atoms with Crippen molar-refractivity contribution in [1.29, 1.82) is 0 Å². The van der Waals surface area contributed by atoms with E-state index in [0.29, 0.717) is 16.3 Å². The zero-order valence-corrected chi connectivity index (χ0v) is 19.2. The van der Waals surface area contributed by atoms with Crippen molar-refractivity contribution in [2.75, 3.05) is 0 Å². The van der Waals surface area contributed by atoms with Gasteiger partial charge in [0.15, 0.2) is 0 Å². The molecule has 0 saturated heterocycles. The fourth-order valence-corrected chi connectivity index (χ4v) is 3.99. The number of nitrogens with one attached hydrogen (secondary N) is 1. The number of aliphatic hydroxyl groups is 1. The summed E-state index contributed by atoms with van der Waals surface area (Å²) < 4.78 is 0. The fourth-order valence-electron chi connectivity index (χ4n) is 3.80. The molecule has 2 amide bonds. The van der Waals surface area contributed by atoms with Crippen molar-refractivity contribution in [2.45, 2.75) is 46.0 Å². The lowest BCUT2D eigenvalue weighted by Crippen LogP contribution is -2.47. The number of aromatic nitrogens is 5. The molecule has 172 valence electrons. The van der Waals surface area contributed by atoms with E-state index in [1.165, 1.54) is 9.70 Å². The van der Waals surface area contributed by atoms with Gasteiger partial charge in [0.1, 0.15) is 12.1 Å². The Morgan fingerprint density at radius 3 is 2.58 bits per heavy atom. The highest BCUT2D eigenvalue weighted by molar-refractivity contribution is 6.30. The van der Waals surface area contributed by atoms with Crippen molar-refractivity contribution in [1.82, 2.24) is 35.9 Å². The molecule has 3 aromatic rings. The van der Waals surface area contributed by atoms with Crippen LogP contribution in [0.3, 0.4) is 0 Å². The lowest BCUT2D eigenvalue weighted by Gasteiger charge is -2.32. The van der Waals surface area contributed by atoms with Gasteiger partial charge in [0, 0.05) is 23.7 Å². The third-order valence-corrected chi connectivity index (χ3v) is 5.82. The Morgan fingerprint density at radius 1 is 1.18 bits per heavy atom. The van der Waals surface area contributed by atoms with Gasteiger partial charge in [0.2, 0.25) is 5.91 Å². The van der Waals surface area contributed by atoms with Gasteiger partial charge in [-0.25, -0.2) is 0 Å². The number of hydrogen-bond donors (Lipinski definition) is 2. The quantitative estimate of drug-likeness (QED) is 0.583. The van der Waals surface area contributed by atoms with Crippen molar-refractivity contribution < 1.29 is 14.7 Å². The summed E-state index contributed by atoms with van der Waals surface area (Å²) in [7, 11) is 0. The average molecular weight is 470 g/mol. The SMILES string of the molecule is CC(C)(C)[C@@H](O)C(=O)N1Cc2ccccc2[C@H]1C(=O)NCc1cc(Cl)ccc1-n1nnnn1. The lowest BCUT2D eigenvalue weighted by molar-refractivity contribution is -0.152. The van der Waals surface area contributed by atoms with Crippen LogP contribution in [0.5, 0.6) is 0 Å². The van der Waals surface area contributed by atoms with Crippen LogP contribution in [-0.4, -0.2) is 53.6 Å². The number of fused-ring (bicyclic) bond motifs is 1. The standard InChI is InChI=1S/C22H24ClN7O3/c1-22(2,3)19(31)21(33)29-12-13-6-4-5-7-16(13)18(29)20(32)24-11-14-10-15(23)8-9-17(14)30-27-25-26-28-30/h4-10,18-19,31H,11-12H2,1-3H3,(H,24,32)/t18-,19-/m0/s1. The molecule has 11 heteroatoms. The second-order valence-electron chi connectivity index (χ2n) is 8.97. The monoisotopic (exact) mass is 469 g/mol. The molecule has 0 bridgehead atoms. The van der Waals surface area contributed by atoms with Crippen LogP contribution < -0.4 is 5.32 Å². The number of rotatable bonds is 5. The Bertz CT molecular complexity index is 1180. The van der Waals surface area contributed by atoms with Crippen LogP contribution in [0.15, 0.2) is 42.5 Å². The maximum atomic E-state index is 13.4. The second-order valence-corrected chi connectivity index (χ2v) is 9.41. The Kier molecular flexibility index (Phi) is 6.13. The Labute approximate surface area is 195 Å². The molecule has 1 aliphatic rings. The van der Waals surface area contributed by atoms with Crippen molar-refractivity contribution in [2.24, 2.45) is 5.41 Å². The topological polar surface area (TPSA) is 126 Å². The van der Waals surface area contributed by atoms with E-state index in [1.54, 1.807) is 39.0 Å². The van der Waals surface area contributed by atoms with Gasteiger partial charge in [-0.1, -0.05) is 56.6 Å². The summed E-state index contributed by atoms with van der Waals surface area (Å²) >= 11 is 6.16. The van der Waals surface area contributed by atoms with Crippen LogP contribution in [0.2, 0.25) is 5.02 Å². The molecular weight excluding hydrogens is 446 g/mol. The van der Waals surface area contributed by atoms with Gasteiger partial charge in [-0.3, -0.25) is 9.59 Å². The number of benzene rings is 2. The highest BCUT2D eigenvalue weighted by atomic mass is 35.5. The van der Waals surface area contributed by atoms with E-state index in [0.717, 1.165) is 11.1 Å². The summed E-state index contributed by atoms with van der Waals surface area (Å²) in [5, 5.41) is 28.5. The smallest absolute Gasteiger partial charge is 0.253 e. The van der Waals surface area contributed by atoms with Crippen LogP contribution in [0.25, 0.3) is 5.69 Å². The van der Waals surface area contributed by atoms with E-state index in [-0.39, 0.29) is 19.0 Å². The molecule has 0 spiro atoms. The van der Waals surface area contributed by atoms with Gasteiger partial charge >= 0.3 is 0 Å². The van der Waals surface area contributed by atoms with E-state index in [1.807, 2.05) is 24.3 Å². The number of amides is 2. The van der Waals surface area contributed by atoms with Crippen LogP contribution >= 0.6 is 11.6 Å². The van der Waals surface area contributed by atoms with E-state index < -0.39 is 23.5 Å².